The van der Waals surface area contributed by atoms with Crippen LogP contribution in [-0.2, 0) is 4.74 Å². The van der Waals surface area contributed by atoms with Crippen LogP contribution in [0.5, 0.6) is 0 Å². The number of benzene rings is 2. The highest BCUT2D eigenvalue weighted by atomic mass is 35.5. The Hall–Kier alpha value is -4.02. The maximum Gasteiger partial charge on any atom is 0.323 e. The summed E-state index contributed by atoms with van der Waals surface area (Å²) in [4.78, 5) is 32.8. The van der Waals surface area contributed by atoms with Crippen LogP contribution in [0.3, 0.4) is 0 Å². The molecule has 5 rings (SSSR count). The van der Waals surface area contributed by atoms with Crippen molar-refractivity contribution in [1.29, 1.82) is 0 Å². The van der Waals surface area contributed by atoms with Crippen LogP contribution in [-0.4, -0.2) is 56.8 Å². The molecule has 2 amide bonds. The first-order chi connectivity index (χ1) is 17.0. The molecule has 0 bridgehead atoms. The van der Waals surface area contributed by atoms with Crippen LogP contribution in [0, 0.1) is 6.92 Å². The Kier molecular flexibility index (Phi) is 6.55. The molecule has 1 aliphatic heterocycles. The number of halogens is 1. The highest BCUT2D eigenvalue weighted by molar-refractivity contribution is 6.30. The first kappa shape index (κ1) is 22.8. The molecule has 0 saturated carbocycles. The summed E-state index contributed by atoms with van der Waals surface area (Å²) in [7, 11) is 0. The predicted molar refractivity (Wildman–Crippen MR) is 134 cm³/mol. The lowest BCUT2D eigenvalue weighted by Crippen LogP contribution is -2.37. The molecule has 2 aromatic heterocycles. The minimum atomic E-state index is -0.354. The summed E-state index contributed by atoms with van der Waals surface area (Å²) in [6.07, 6.45) is 3.53. The van der Waals surface area contributed by atoms with Gasteiger partial charge >= 0.3 is 6.03 Å². The average Bonchev–Trinajstić information content (AvgIpc) is 3.32. The van der Waals surface area contributed by atoms with E-state index in [1.54, 1.807) is 42.6 Å². The number of urea groups is 1. The van der Waals surface area contributed by atoms with Gasteiger partial charge in [-0.25, -0.2) is 9.78 Å². The topological polar surface area (TPSA) is 110 Å². The maximum atomic E-state index is 12.3. The molecular weight excluding hydrogens is 468 g/mol. The molecule has 0 aliphatic carbocycles. The molecule has 35 heavy (non-hydrogen) atoms. The first-order valence-corrected chi connectivity index (χ1v) is 11.5. The normalized spacial score (nSPS) is 13.5. The lowest BCUT2D eigenvalue weighted by molar-refractivity contribution is 0.122. The fourth-order valence-electron chi connectivity index (χ4n) is 3.61. The number of anilines is 3. The summed E-state index contributed by atoms with van der Waals surface area (Å²) < 4.78 is 7.30. The molecule has 3 heterocycles. The van der Waals surface area contributed by atoms with E-state index in [9.17, 15) is 4.79 Å². The van der Waals surface area contributed by atoms with E-state index in [1.165, 1.54) is 0 Å². The smallest absolute Gasteiger partial charge is 0.323 e. The van der Waals surface area contributed by atoms with E-state index in [4.69, 9.17) is 21.3 Å². The molecule has 1 saturated heterocycles. The van der Waals surface area contributed by atoms with Gasteiger partial charge < -0.3 is 20.3 Å². The molecule has 10 nitrogen and oxygen atoms in total. The number of hydrogen-bond donors (Lipinski definition) is 2. The van der Waals surface area contributed by atoms with Crippen LogP contribution < -0.4 is 15.5 Å². The number of rotatable bonds is 5. The van der Waals surface area contributed by atoms with Crippen LogP contribution in [0.1, 0.15) is 5.82 Å². The van der Waals surface area contributed by atoms with Gasteiger partial charge in [0.15, 0.2) is 5.82 Å². The Morgan fingerprint density at radius 1 is 0.914 bits per heavy atom. The Bertz CT molecular complexity index is 1320. The van der Waals surface area contributed by atoms with E-state index >= 15 is 0 Å². The first-order valence-electron chi connectivity index (χ1n) is 11.1. The van der Waals surface area contributed by atoms with Gasteiger partial charge in [-0.2, -0.15) is 15.0 Å². The molecule has 0 radical (unpaired) electrons. The van der Waals surface area contributed by atoms with Gasteiger partial charge in [0.25, 0.3) is 0 Å². The molecular formula is C24H23ClN8O2. The van der Waals surface area contributed by atoms with Gasteiger partial charge in [-0.1, -0.05) is 11.6 Å². The number of imidazole rings is 1. The molecule has 0 unspecified atom stereocenters. The summed E-state index contributed by atoms with van der Waals surface area (Å²) in [6, 6.07) is 13.9. The third-order valence-corrected chi connectivity index (χ3v) is 5.70. The third kappa shape index (κ3) is 5.39. The molecule has 2 aromatic carbocycles. The van der Waals surface area contributed by atoms with E-state index in [1.807, 2.05) is 29.8 Å². The predicted octanol–water partition coefficient (Wildman–Crippen LogP) is 4.17. The number of aryl methyl sites for hydroxylation is 1. The number of amides is 2. The fourth-order valence-corrected chi connectivity index (χ4v) is 3.74. The van der Waals surface area contributed by atoms with Crippen molar-refractivity contribution < 1.29 is 9.53 Å². The molecule has 0 atom stereocenters. The van der Waals surface area contributed by atoms with Crippen LogP contribution in [0.15, 0.2) is 60.9 Å². The summed E-state index contributed by atoms with van der Waals surface area (Å²) in [6.45, 7) is 4.56. The Balaban J connectivity index is 1.38. The highest BCUT2D eigenvalue weighted by Crippen LogP contribution is 2.23. The van der Waals surface area contributed by atoms with Crippen LogP contribution >= 0.6 is 11.6 Å². The van der Waals surface area contributed by atoms with Crippen molar-refractivity contribution in [1.82, 2.24) is 24.5 Å². The monoisotopic (exact) mass is 490 g/mol. The van der Waals surface area contributed by atoms with Gasteiger partial charge in [-0.3, -0.25) is 4.57 Å². The molecule has 4 aromatic rings. The van der Waals surface area contributed by atoms with Gasteiger partial charge in [0, 0.05) is 47.4 Å². The van der Waals surface area contributed by atoms with Gasteiger partial charge in [0.05, 0.1) is 13.2 Å². The minimum absolute atomic E-state index is 0.354. The standard InChI is InChI=1S/C24H23ClN8O2/c1-16-26-10-11-33(16)23-30-21(29-22(31-23)32-12-14-35-15-13-32)17-2-6-19(7-3-17)27-24(34)28-20-8-4-18(25)5-9-20/h2-11H,12-15H2,1H3,(H2,27,28,34). The van der Waals surface area contributed by atoms with Crippen LogP contribution in [0.2, 0.25) is 5.02 Å². The number of carbonyl (C=O) groups is 1. The summed E-state index contributed by atoms with van der Waals surface area (Å²) in [5, 5.41) is 6.19. The molecule has 2 N–H and O–H groups in total. The minimum Gasteiger partial charge on any atom is -0.378 e. The second-order valence-electron chi connectivity index (χ2n) is 7.87. The Morgan fingerprint density at radius 3 is 2.17 bits per heavy atom. The molecule has 0 spiro atoms. The zero-order valence-electron chi connectivity index (χ0n) is 19.0. The van der Waals surface area contributed by atoms with Crippen molar-refractivity contribution in [3.63, 3.8) is 0 Å². The second kappa shape index (κ2) is 10.1. The number of morpholine rings is 1. The Labute approximate surface area is 207 Å². The SMILES string of the molecule is Cc1nccn1-c1nc(-c2ccc(NC(=O)Nc3ccc(Cl)cc3)cc2)nc(N2CCOCC2)n1. The van der Waals surface area contributed by atoms with E-state index in [2.05, 4.69) is 30.5 Å². The number of nitrogens with zero attached hydrogens (tertiary/aromatic N) is 6. The largest absolute Gasteiger partial charge is 0.378 e. The number of hydrogen-bond acceptors (Lipinski definition) is 7. The van der Waals surface area contributed by atoms with Crippen molar-refractivity contribution >= 4 is 35.0 Å². The Morgan fingerprint density at radius 2 is 1.54 bits per heavy atom. The van der Waals surface area contributed by atoms with Gasteiger partial charge in [-0.15, -0.1) is 0 Å². The van der Waals surface area contributed by atoms with Crippen molar-refractivity contribution in [2.75, 3.05) is 41.8 Å². The molecule has 1 aliphatic rings. The van der Waals surface area contributed by atoms with Gasteiger partial charge in [0.2, 0.25) is 11.9 Å². The van der Waals surface area contributed by atoms with E-state index in [0.29, 0.717) is 60.4 Å². The molecule has 1 fully saturated rings. The van der Waals surface area contributed by atoms with E-state index < -0.39 is 0 Å². The van der Waals surface area contributed by atoms with Gasteiger partial charge in [-0.05, 0) is 55.5 Å². The van der Waals surface area contributed by atoms with Crippen molar-refractivity contribution in [2.45, 2.75) is 6.92 Å². The molecule has 11 heteroatoms. The van der Waals surface area contributed by atoms with Crippen molar-refractivity contribution in [3.05, 3.63) is 71.8 Å². The third-order valence-electron chi connectivity index (χ3n) is 5.45. The zero-order chi connectivity index (χ0) is 24.2. The number of carbonyl (C=O) groups excluding carboxylic acids is 1. The van der Waals surface area contributed by atoms with Crippen LogP contribution in [0.4, 0.5) is 22.1 Å². The fraction of sp³-hybridized carbons (Fsp3) is 0.208. The van der Waals surface area contributed by atoms with Crippen LogP contribution in [0.25, 0.3) is 17.3 Å². The van der Waals surface area contributed by atoms with Crippen molar-refractivity contribution in [2.24, 2.45) is 0 Å². The summed E-state index contributed by atoms with van der Waals surface area (Å²) >= 11 is 5.89. The average molecular weight is 491 g/mol. The number of aromatic nitrogens is 5. The van der Waals surface area contributed by atoms with Gasteiger partial charge in [0.1, 0.15) is 5.82 Å². The van der Waals surface area contributed by atoms with Crippen molar-refractivity contribution in [3.8, 4) is 17.3 Å². The lowest BCUT2D eigenvalue weighted by Gasteiger charge is -2.27. The number of ether oxygens (including phenoxy) is 1. The summed E-state index contributed by atoms with van der Waals surface area (Å²) in [5.41, 5.74) is 2.07. The second-order valence-corrected chi connectivity index (χ2v) is 8.30. The number of nitrogens with one attached hydrogen (secondary N) is 2. The quantitative estimate of drug-likeness (QED) is 0.432. The van der Waals surface area contributed by atoms with E-state index in [-0.39, 0.29) is 6.03 Å². The molecule has 178 valence electrons. The maximum absolute atomic E-state index is 12.3. The summed E-state index contributed by atoms with van der Waals surface area (Å²) in [5.74, 6) is 2.39. The highest BCUT2D eigenvalue weighted by Gasteiger charge is 2.18. The zero-order valence-corrected chi connectivity index (χ0v) is 19.7. The lowest BCUT2D eigenvalue weighted by atomic mass is 10.2. The van der Waals surface area contributed by atoms with E-state index in [0.717, 1.165) is 11.4 Å².